The number of hydrogen-bond donors (Lipinski definition) is 1. The van der Waals surface area contributed by atoms with Crippen molar-refractivity contribution in [2.75, 3.05) is 26.7 Å². The molecule has 2 rings (SSSR count). The zero-order valence-corrected chi connectivity index (χ0v) is 10.0. The molecule has 5 nitrogen and oxygen atoms in total. The van der Waals surface area contributed by atoms with Crippen molar-refractivity contribution in [2.24, 2.45) is 11.7 Å². The molecule has 2 N–H and O–H groups in total. The van der Waals surface area contributed by atoms with Crippen LogP contribution in [-0.2, 0) is 11.3 Å². The zero-order chi connectivity index (χ0) is 12.3. The van der Waals surface area contributed by atoms with E-state index in [9.17, 15) is 4.79 Å². The van der Waals surface area contributed by atoms with Gasteiger partial charge in [-0.25, -0.2) is 4.79 Å². The second kappa shape index (κ2) is 5.33. The van der Waals surface area contributed by atoms with Crippen molar-refractivity contribution in [3.8, 4) is 0 Å². The number of ether oxygens (including phenoxy) is 1. The van der Waals surface area contributed by atoms with Gasteiger partial charge < -0.3 is 14.9 Å². The van der Waals surface area contributed by atoms with E-state index in [-0.39, 0.29) is 0 Å². The van der Waals surface area contributed by atoms with Crippen molar-refractivity contribution >= 4 is 5.97 Å². The van der Waals surface area contributed by atoms with E-state index in [2.05, 4.69) is 9.64 Å². The molecule has 17 heavy (non-hydrogen) atoms. The Labute approximate surface area is 101 Å². The lowest BCUT2D eigenvalue weighted by atomic mass is 10.1. The average molecular weight is 238 g/mol. The molecule has 1 atom stereocenters. The number of nitrogens with zero attached hydrogens (tertiary/aromatic N) is 1. The van der Waals surface area contributed by atoms with Gasteiger partial charge in [0.15, 0.2) is 0 Å². The minimum atomic E-state index is -0.417. The largest absolute Gasteiger partial charge is 0.463 e. The van der Waals surface area contributed by atoms with E-state index < -0.39 is 5.97 Å². The van der Waals surface area contributed by atoms with Gasteiger partial charge in [0, 0.05) is 18.7 Å². The number of hydrogen-bond acceptors (Lipinski definition) is 5. The molecule has 0 saturated carbocycles. The second-order valence-electron chi connectivity index (χ2n) is 4.39. The van der Waals surface area contributed by atoms with Crippen molar-refractivity contribution in [2.45, 2.75) is 13.0 Å². The highest BCUT2D eigenvalue weighted by Gasteiger charge is 2.24. The first-order valence-electron chi connectivity index (χ1n) is 5.81. The summed E-state index contributed by atoms with van der Waals surface area (Å²) in [6, 6.07) is 1.82. The van der Waals surface area contributed by atoms with Crippen LogP contribution in [0.2, 0.25) is 0 Å². The molecule has 1 saturated heterocycles. The first-order chi connectivity index (χ1) is 8.24. The lowest BCUT2D eigenvalue weighted by Crippen LogP contribution is -2.23. The fourth-order valence-electron chi connectivity index (χ4n) is 2.22. The summed E-state index contributed by atoms with van der Waals surface area (Å²) in [5, 5.41) is 0. The lowest BCUT2D eigenvalue weighted by molar-refractivity contribution is 0.0562. The van der Waals surface area contributed by atoms with Crippen molar-refractivity contribution in [3.05, 3.63) is 23.7 Å². The van der Waals surface area contributed by atoms with E-state index in [1.54, 1.807) is 0 Å². The minimum absolute atomic E-state index is 0.309. The molecule has 0 radical (unpaired) electrons. The van der Waals surface area contributed by atoms with Crippen molar-refractivity contribution in [3.63, 3.8) is 0 Å². The molecule has 2 heterocycles. The Kier molecular flexibility index (Phi) is 3.81. The van der Waals surface area contributed by atoms with E-state index in [1.807, 2.05) is 6.07 Å². The van der Waals surface area contributed by atoms with Gasteiger partial charge in [-0.15, -0.1) is 0 Å². The van der Waals surface area contributed by atoms with Crippen molar-refractivity contribution < 1.29 is 13.9 Å². The summed E-state index contributed by atoms with van der Waals surface area (Å²) in [4.78, 5) is 13.7. The number of carbonyl (C=O) groups is 1. The Hall–Kier alpha value is -1.33. The zero-order valence-electron chi connectivity index (χ0n) is 10.0. The number of nitrogens with two attached hydrogens (primary N) is 1. The molecule has 5 heteroatoms. The lowest BCUT2D eigenvalue weighted by Gasteiger charge is -2.14. The van der Waals surface area contributed by atoms with Crippen molar-refractivity contribution in [1.82, 2.24) is 4.90 Å². The van der Waals surface area contributed by atoms with Gasteiger partial charge in [0.1, 0.15) is 0 Å². The van der Waals surface area contributed by atoms with E-state index in [1.165, 1.54) is 13.4 Å². The first kappa shape index (κ1) is 12.1. The molecule has 1 unspecified atom stereocenters. The average Bonchev–Trinajstić information content (AvgIpc) is 2.97. The van der Waals surface area contributed by atoms with Crippen LogP contribution in [0.25, 0.3) is 0 Å². The van der Waals surface area contributed by atoms with Crippen molar-refractivity contribution in [1.29, 1.82) is 0 Å². The molecule has 94 valence electrons. The molecular formula is C12H18N2O3. The fraction of sp³-hybridized carbons (Fsp3) is 0.583. The van der Waals surface area contributed by atoms with Crippen LogP contribution >= 0.6 is 0 Å². The number of likely N-dealkylation sites (tertiary alicyclic amines) is 1. The van der Waals surface area contributed by atoms with Gasteiger partial charge in [-0.1, -0.05) is 0 Å². The predicted molar refractivity (Wildman–Crippen MR) is 62.5 cm³/mol. The molecular weight excluding hydrogens is 220 g/mol. The van der Waals surface area contributed by atoms with Gasteiger partial charge in [0.2, 0.25) is 5.76 Å². The standard InChI is InChI=1S/C12H18N2O3/c1-16-12(15)11-10(3-5-17-11)8-14-4-2-9(6-13)7-14/h3,5,9H,2,4,6-8,13H2,1H3. The Morgan fingerprint density at radius 3 is 3.18 bits per heavy atom. The number of furan rings is 1. The van der Waals surface area contributed by atoms with Gasteiger partial charge in [-0.3, -0.25) is 4.90 Å². The normalized spacial score (nSPS) is 20.7. The van der Waals surface area contributed by atoms with Crippen LogP contribution in [-0.4, -0.2) is 37.6 Å². The monoisotopic (exact) mass is 238 g/mol. The number of methoxy groups -OCH3 is 1. The molecule has 0 amide bonds. The van der Waals surface area contributed by atoms with E-state index in [0.717, 1.165) is 38.2 Å². The van der Waals surface area contributed by atoms with Crippen LogP contribution in [0.5, 0.6) is 0 Å². The minimum Gasteiger partial charge on any atom is -0.463 e. The molecule has 0 spiro atoms. The van der Waals surface area contributed by atoms with E-state index in [0.29, 0.717) is 11.7 Å². The summed E-state index contributed by atoms with van der Waals surface area (Å²) in [5.41, 5.74) is 6.53. The maximum Gasteiger partial charge on any atom is 0.374 e. The van der Waals surface area contributed by atoms with E-state index in [4.69, 9.17) is 10.2 Å². The number of carbonyl (C=O) groups excluding carboxylic acids is 1. The quantitative estimate of drug-likeness (QED) is 0.787. The third kappa shape index (κ3) is 2.68. The summed E-state index contributed by atoms with van der Waals surface area (Å²) in [6.45, 7) is 3.46. The Morgan fingerprint density at radius 1 is 1.71 bits per heavy atom. The molecule has 0 aliphatic carbocycles. The topological polar surface area (TPSA) is 68.7 Å². The second-order valence-corrected chi connectivity index (χ2v) is 4.39. The highest BCUT2D eigenvalue weighted by molar-refractivity contribution is 5.87. The highest BCUT2D eigenvalue weighted by Crippen LogP contribution is 2.20. The molecule has 1 fully saturated rings. The smallest absolute Gasteiger partial charge is 0.374 e. The third-order valence-corrected chi connectivity index (χ3v) is 3.21. The first-order valence-corrected chi connectivity index (χ1v) is 5.81. The number of esters is 1. The maximum atomic E-state index is 11.4. The molecule has 1 aliphatic heterocycles. The van der Waals surface area contributed by atoms with Gasteiger partial charge >= 0.3 is 5.97 Å². The van der Waals surface area contributed by atoms with Gasteiger partial charge in [0.25, 0.3) is 0 Å². The molecule has 1 aromatic heterocycles. The highest BCUT2D eigenvalue weighted by atomic mass is 16.5. The van der Waals surface area contributed by atoms with Crippen LogP contribution in [0.15, 0.2) is 16.7 Å². The molecule has 1 aliphatic rings. The van der Waals surface area contributed by atoms with Crippen LogP contribution in [0, 0.1) is 5.92 Å². The molecule has 1 aromatic rings. The van der Waals surface area contributed by atoms with Crippen LogP contribution in [0.4, 0.5) is 0 Å². The van der Waals surface area contributed by atoms with Gasteiger partial charge in [-0.2, -0.15) is 0 Å². The predicted octanol–water partition coefficient (Wildman–Crippen LogP) is 0.847. The third-order valence-electron chi connectivity index (χ3n) is 3.21. The van der Waals surface area contributed by atoms with Crippen LogP contribution < -0.4 is 5.73 Å². The summed E-state index contributed by atoms with van der Waals surface area (Å²) in [7, 11) is 1.36. The summed E-state index contributed by atoms with van der Waals surface area (Å²) in [5.74, 6) is 0.465. The Bertz CT molecular complexity index is 389. The summed E-state index contributed by atoms with van der Waals surface area (Å²) < 4.78 is 9.83. The molecule has 0 bridgehead atoms. The number of rotatable bonds is 4. The fourth-order valence-corrected chi connectivity index (χ4v) is 2.22. The van der Waals surface area contributed by atoms with Gasteiger partial charge in [-0.05, 0) is 31.5 Å². The summed E-state index contributed by atoms with van der Waals surface area (Å²) in [6.07, 6.45) is 2.65. The summed E-state index contributed by atoms with van der Waals surface area (Å²) >= 11 is 0. The van der Waals surface area contributed by atoms with Crippen LogP contribution in [0.3, 0.4) is 0 Å². The molecule has 0 aromatic carbocycles. The van der Waals surface area contributed by atoms with Crippen LogP contribution in [0.1, 0.15) is 22.5 Å². The Morgan fingerprint density at radius 2 is 2.53 bits per heavy atom. The van der Waals surface area contributed by atoms with E-state index >= 15 is 0 Å². The Balaban J connectivity index is 2.00. The SMILES string of the molecule is COC(=O)c1occc1CN1CCC(CN)C1. The van der Waals surface area contributed by atoms with Gasteiger partial charge in [0.05, 0.1) is 13.4 Å². The maximum absolute atomic E-state index is 11.4.